The highest BCUT2D eigenvalue weighted by Gasteiger charge is 1.98. The quantitative estimate of drug-likeness (QED) is 0.649. The summed E-state index contributed by atoms with van der Waals surface area (Å²) in [4.78, 5) is 11.8. The molecule has 0 aliphatic carbocycles. The average molecular weight is 192 g/mol. The van der Waals surface area contributed by atoms with Crippen LogP contribution in [0.25, 0.3) is 11.3 Å². The molecular formula is C9H6ClN3. The lowest BCUT2D eigenvalue weighted by atomic mass is 10.2. The van der Waals surface area contributed by atoms with E-state index in [1.807, 2.05) is 12.1 Å². The predicted molar refractivity (Wildman–Crippen MR) is 50.3 cm³/mol. The molecular weight excluding hydrogens is 186 g/mol. The van der Waals surface area contributed by atoms with Crippen molar-refractivity contribution in [2.24, 2.45) is 0 Å². The molecule has 2 heterocycles. The minimum Gasteiger partial charge on any atom is -0.265 e. The minimum atomic E-state index is 0.259. The Bertz CT molecular complexity index is 403. The third kappa shape index (κ3) is 1.81. The molecule has 2 rings (SSSR count). The van der Waals surface area contributed by atoms with Crippen molar-refractivity contribution in [3.05, 3.63) is 42.1 Å². The fraction of sp³-hybridized carbons (Fsp3) is 0. The van der Waals surface area contributed by atoms with E-state index in [1.54, 1.807) is 24.7 Å². The van der Waals surface area contributed by atoms with Gasteiger partial charge in [0.2, 0.25) is 5.28 Å². The van der Waals surface area contributed by atoms with Crippen molar-refractivity contribution >= 4 is 11.6 Å². The van der Waals surface area contributed by atoms with E-state index in [1.165, 1.54) is 0 Å². The zero-order valence-electron chi connectivity index (χ0n) is 6.68. The lowest BCUT2D eigenvalue weighted by Crippen LogP contribution is -1.86. The summed E-state index contributed by atoms with van der Waals surface area (Å²) in [6, 6.07) is 5.55. The Hall–Kier alpha value is -1.48. The number of aromatic nitrogens is 3. The number of nitrogens with zero attached hydrogens (tertiary/aromatic N) is 3. The van der Waals surface area contributed by atoms with Gasteiger partial charge in [-0.15, -0.1) is 0 Å². The van der Waals surface area contributed by atoms with E-state index in [4.69, 9.17) is 11.6 Å². The predicted octanol–water partition coefficient (Wildman–Crippen LogP) is 2.19. The van der Waals surface area contributed by atoms with Gasteiger partial charge in [-0.25, -0.2) is 9.97 Å². The third-order valence-corrected chi connectivity index (χ3v) is 1.78. The first kappa shape index (κ1) is 8.13. The Morgan fingerprint density at radius 2 is 1.77 bits per heavy atom. The standard InChI is InChI=1S/C9H6ClN3/c10-9-12-6-3-8(13-9)7-1-4-11-5-2-7/h1-6H. The smallest absolute Gasteiger partial charge is 0.222 e. The van der Waals surface area contributed by atoms with Gasteiger partial charge >= 0.3 is 0 Å². The molecule has 0 bridgehead atoms. The lowest BCUT2D eigenvalue weighted by molar-refractivity contribution is 1.17. The first-order valence-electron chi connectivity index (χ1n) is 3.75. The molecule has 0 atom stereocenters. The van der Waals surface area contributed by atoms with Gasteiger partial charge < -0.3 is 0 Å². The molecule has 0 aromatic carbocycles. The summed E-state index contributed by atoms with van der Waals surface area (Å²) in [5, 5.41) is 0.259. The largest absolute Gasteiger partial charge is 0.265 e. The van der Waals surface area contributed by atoms with Crippen LogP contribution in [-0.4, -0.2) is 15.0 Å². The summed E-state index contributed by atoms with van der Waals surface area (Å²) in [6.07, 6.45) is 5.06. The Morgan fingerprint density at radius 3 is 2.46 bits per heavy atom. The van der Waals surface area contributed by atoms with E-state index in [9.17, 15) is 0 Å². The monoisotopic (exact) mass is 191 g/mol. The molecule has 0 saturated heterocycles. The van der Waals surface area contributed by atoms with Crippen LogP contribution in [0.1, 0.15) is 0 Å². The number of rotatable bonds is 1. The molecule has 0 saturated carbocycles. The van der Waals surface area contributed by atoms with Crippen LogP contribution in [0.2, 0.25) is 5.28 Å². The fourth-order valence-corrected chi connectivity index (χ4v) is 1.17. The van der Waals surface area contributed by atoms with E-state index in [2.05, 4.69) is 15.0 Å². The number of hydrogen-bond acceptors (Lipinski definition) is 3. The normalized spacial score (nSPS) is 9.92. The fourth-order valence-electron chi connectivity index (χ4n) is 1.02. The van der Waals surface area contributed by atoms with Crippen molar-refractivity contribution in [2.45, 2.75) is 0 Å². The minimum absolute atomic E-state index is 0.259. The highest BCUT2D eigenvalue weighted by Crippen LogP contribution is 2.15. The molecule has 0 fully saturated rings. The number of hydrogen-bond donors (Lipinski definition) is 0. The summed E-state index contributed by atoms with van der Waals surface area (Å²) < 4.78 is 0. The Kier molecular flexibility index (Phi) is 2.19. The van der Waals surface area contributed by atoms with Gasteiger partial charge in [-0.3, -0.25) is 4.98 Å². The topological polar surface area (TPSA) is 38.7 Å². The first-order valence-corrected chi connectivity index (χ1v) is 4.13. The summed E-state index contributed by atoms with van der Waals surface area (Å²) in [5.74, 6) is 0. The van der Waals surface area contributed by atoms with E-state index in [0.29, 0.717) is 0 Å². The van der Waals surface area contributed by atoms with E-state index < -0.39 is 0 Å². The lowest BCUT2D eigenvalue weighted by Gasteiger charge is -1.98. The molecule has 4 heteroatoms. The van der Waals surface area contributed by atoms with E-state index >= 15 is 0 Å². The SMILES string of the molecule is Clc1nccc(-c2ccncc2)n1. The van der Waals surface area contributed by atoms with Crippen LogP contribution in [0.4, 0.5) is 0 Å². The Morgan fingerprint density at radius 1 is 1.00 bits per heavy atom. The van der Waals surface area contributed by atoms with Gasteiger partial charge in [0.1, 0.15) is 0 Å². The van der Waals surface area contributed by atoms with Crippen LogP contribution in [-0.2, 0) is 0 Å². The average Bonchev–Trinajstić information content (AvgIpc) is 2.19. The molecule has 2 aromatic heterocycles. The van der Waals surface area contributed by atoms with Gasteiger partial charge in [-0.1, -0.05) is 0 Å². The molecule has 64 valence electrons. The van der Waals surface area contributed by atoms with Crippen LogP contribution in [0.15, 0.2) is 36.8 Å². The highest BCUT2D eigenvalue weighted by molar-refractivity contribution is 6.28. The Labute approximate surface area is 80.5 Å². The molecule has 0 spiro atoms. The zero-order valence-corrected chi connectivity index (χ0v) is 7.44. The summed E-state index contributed by atoms with van der Waals surface area (Å²) in [5.41, 5.74) is 1.79. The molecule has 0 aliphatic rings. The summed E-state index contributed by atoms with van der Waals surface area (Å²) >= 11 is 5.66. The first-order chi connectivity index (χ1) is 6.36. The summed E-state index contributed by atoms with van der Waals surface area (Å²) in [6.45, 7) is 0. The molecule has 0 amide bonds. The van der Waals surface area contributed by atoms with E-state index in [-0.39, 0.29) is 5.28 Å². The van der Waals surface area contributed by atoms with Gasteiger partial charge in [0.25, 0.3) is 0 Å². The van der Waals surface area contributed by atoms with Crippen LogP contribution in [0.3, 0.4) is 0 Å². The molecule has 13 heavy (non-hydrogen) atoms. The van der Waals surface area contributed by atoms with Crippen LogP contribution >= 0.6 is 11.6 Å². The molecule has 0 radical (unpaired) electrons. The van der Waals surface area contributed by atoms with Gasteiger partial charge in [0.15, 0.2) is 0 Å². The third-order valence-electron chi connectivity index (χ3n) is 1.60. The van der Waals surface area contributed by atoms with Crippen molar-refractivity contribution in [1.29, 1.82) is 0 Å². The number of halogens is 1. The van der Waals surface area contributed by atoms with Crippen molar-refractivity contribution in [2.75, 3.05) is 0 Å². The second-order valence-electron chi connectivity index (χ2n) is 2.45. The van der Waals surface area contributed by atoms with Crippen molar-refractivity contribution < 1.29 is 0 Å². The zero-order chi connectivity index (χ0) is 9.10. The van der Waals surface area contributed by atoms with Crippen molar-refractivity contribution in [3.63, 3.8) is 0 Å². The summed E-state index contributed by atoms with van der Waals surface area (Å²) in [7, 11) is 0. The maximum Gasteiger partial charge on any atom is 0.222 e. The van der Waals surface area contributed by atoms with Crippen LogP contribution in [0, 0.1) is 0 Å². The van der Waals surface area contributed by atoms with Crippen LogP contribution < -0.4 is 0 Å². The van der Waals surface area contributed by atoms with E-state index in [0.717, 1.165) is 11.3 Å². The number of pyridine rings is 1. The molecule has 3 nitrogen and oxygen atoms in total. The van der Waals surface area contributed by atoms with Crippen molar-refractivity contribution in [1.82, 2.24) is 15.0 Å². The second-order valence-corrected chi connectivity index (χ2v) is 2.78. The second kappa shape index (κ2) is 3.49. The highest BCUT2D eigenvalue weighted by atomic mass is 35.5. The van der Waals surface area contributed by atoms with Crippen LogP contribution in [0.5, 0.6) is 0 Å². The molecule has 0 aliphatic heterocycles. The molecule has 0 N–H and O–H groups in total. The molecule has 2 aromatic rings. The van der Waals surface area contributed by atoms with Gasteiger partial charge in [-0.2, -0.15) is 0 Å². The molecule has 0 unspecified atom stereocenters. The maximum absolute atomic E-state index is 5.66. The van der Waals surface area contributed by atoms with Gasteiger partial charge in [-0.05, 0) is 29.8 Å². The Balaban J connectivity index is 2.48. The maximum atomic E-state index is 5.66. The van der Waals surface area contributed by atoms with Gasteiger partial charge in [0, 0.05) is 24.2 Å². The van der Waals surface area contributed by atoms with Crippen molar-refractivity contribution in [3.8, 4) is 11.3 Å². The van der Waals surface area contributed by atoms with Gasteiger partial charge in [0.05, 0.1) is 5.69 Å².